The lowest BCUT2D eigenvalue weighted by molar-refractivity contribution is -0.145. The van der Waals surface area contributed by atoms with Gasteiger partial charge in [0.15, 0.2) is 0 Å². The SMILES string of the molecule is CCc1cccc(CC)c1N(CC(=O)OC(C)C)S(=O)(=O)c1ccc(Cl)c(Cl)c1. The summed E-state index contributed by atoms with van der Waals surface area (Å²) in [6, 6.07) is 9.70. The number of para-hydroxylation sites is 1. The number of halogens is 2. The molecule has 0 atom stereocenters. The first-order valence-electron chi connectivity index (χ1n) is 9.39. The maximum absolute atomic E-state index is 13.6. The predicted molar refractivity (Wildman–Crippen MR) is 117 cm³/mol. The number of esters is 1. The Morgan fingerprint density at radius 1 is 1.03 bits per heavy atom. The van der Waals surface area contributed by atoms with Gasteiger partial charge in [0.25, 0.3) is 10.0 Å². The number of sulfonamides is 1. The van der Waals surface area contributed by atoms with Crippen LogP contribution in [0, 0.1) is 0 Å². The van der Waals surface area contributed by atoms with Crippen LogP contribution in [0.25, 0.3) is 0 Å². The first-order valence-corrected chi connectivity index (χ1v) is 11.6. The van der Waals surface area contributed by atoms with Gasteiger partial charge in [0, 0.05) is 0 Å². The molecule has 0 spiro atoms. The molecule has 0 aliphatic rings. The van der Waals surface area contributed by atoms with Crippen molar-refractivity contribution in [1.82, 2.24) is 0 Å². The Morgan fingerprint density at radius 3 is 2.10 bits per heavy atom. The van der Waals surface area contributed by atoms with Gasteiger partial charge in [0.1, 0.15) is 6.54 Å². The van der Waals surface area contributed by atoms with Crippen LogP contribution in [0.2, 0.25) is 10.0 Å². The number of nitrogens with zero attached hydrogens (tertiary/aromatic N) is 1. The number of carbonyl (C=O) groups is 1. The third-order valence-corrected chi connectivity index (χ3v) is 6.81. The largest absolute Gasteiger partial charge is 0.462 e. The average molecular weight is 458 g/mol. The molecule has 5 nitrogen and oxygen atoms in total. The number of carbonyl (C=O) groups excluding carboxylic acids is 1. The smallest absolute Gasteiger partial charge is 0.327 e. The molecule has 0 fully saturated rings. The van der Waals surface area contributed by atoms with E-state index in [9.17, 15) is 13.2 Å². The Kier molecular flexibility index (Phi) is 7.97. The van der Waals surface area contributed by atoms with Crippen molar-refractivity contribution in [3.8, 4) is 0 Å². The first-order chi connectivity index (χ1) is 13.6. The molecule has 2 aromatic carbocycles. The molecule has 158 valence electrons. The number of anilines is 1. The molecular formula is C21H25Cl2NO4S. The minimum atomic E-state index is -4.10. The summed E-state index contributed by atoms with van der Waals surface area (Å²) in [5.41, 5.74) is 2.15. The molecule has 0 aromatic heterocycles. The van der Waals surface area contributed by atoms with Gasteiger partial charge in [-0.2, -0.15) is 0 Å². The van der Waals surface area contributed by atoms with E-state index in [2.05, 4.69) is 0 Å². The zero-order valence-electron chi connectivity index (χ0n) is 16.9. The van der Waals surface area contributed by atoms with Gasteiger partial charge in [-0.1, -0.05) is 55.2 Å². The van der Waals surface area contributed by atoms with Gasteiger partial charge in [0.05, 0.1) is 26.7 Å². The molecule has 0 amide bonds. The molecule has 0 heterocycles. The van der Waals surface area contributed by atoms with Crippen molar-refractivity contribution >= 4 is 44.9 Å². The highest BCUT2D eigenvalue weighted by Gasteiger charge is 2.31. The minimum Gasteiger partial charge on any atom is -0.462 e. The van der Waals surface area contributed by atoms with Crippen molar-refractivity contribution in [1.29, 1.82) is 0 Å². The Morgan fingerprint density at radius 2 is 1.62 bits per heavy atom. The standard InChI is InChI=1S/C21H25Cl2NO4S/c1-5-15-8-7-9-16(6-2)21(15)24(13-20(25)28-14(3)4)29(26,27)17-10-11-18(22)19(23)12-17/h7-12,14H,5-6,13H2,1-4H3. The zero-order chi connectivity index (χ0) is 21.8. The molecule has 2 aromatic rings. The Bertz CT molecular complexity index is 968. The van der Waals surface area contributed by atoms with Crippen molar-refractivity contribution in [3.05, 3.63) is 57.6 Å². The van der Waals surface area contributed by atoms with Gasteiger partial charge in [-0.25, -0.2) is 8.42 Å². The maximum Gasteiger partial charge on any atom is 0.327 e. The second-order valence-electron chi connectivity index (χ2n) is 6.76. The molecule has 0 bridgehead atoms. The topological polar surface area (TPSA) is 63.7 Å². The fourth-order valence-corrected chi connectivity index (χ4v) is 4.88. The summed E-state index contributed by atoms with van der Waals surface area (Å²) >= 11 is 12.0. The number of hydrogen-bond acceptors (Lipinski definition) is 4. The number of ether oxygens (including phenoxy) is 1. The van der Waals surface area contributed by atoms with E-state index in [1.165, 1.54) is 18.2 Å². The molecule has 2 rings (SSSR count). The van der Waals surface area contributed by atoms with E-state index in [1.807, 2.05) is 32.0 Å². The summed E-state index contributed by atoms with van der Waals surface area (Å²) in [5, 5.41) is 0.372. The van der Waals surface area contributed by atoms with E-state index in [4.69, 9.17) is 27.9 Å². The Balaban J connectivity index is 2.68. The van der Waals surface area contributed by atoms with Gasteiger partial charge in [-0.15, -0.1) is 0 Å². The molecule has 0 aliphatic heterocycles. The van der Waals surface area contributed by atoms with Crippen molar-refractivity contribution in [2.45, 2.75) is 51.5 Å². The van der Waals surface area contributed by atoms with E-state index in [1.54, 1.807) is 13.8 Å². The molecule has 29 heavy (non-hydrogen) atoms. The van der Waals surface area contributed by atoms with Gasteiger partial charge in [-0.05, 0) is 56.0 Å². The normalized spacial score (nSPS) is 11.6. The predicted octanol–water partition coefficient (Wildman–Crippen LogP) is 5.27. The third kappa shape index (κ3) is 5.44. The molecule has 0 radical (unpaired) electrons. The number of aryl methyl sites for hydroxylation is 2. The summed E-state index contributed by atoms with van der Waals surface area (Å²) < 4.78 is 33.5. The van der Waals surface area contributed by atoms with Crippen LogP contribution >= 0.6 is 23.2 Å². The van der Waals surface area contributed by atoms with Gasteiger partial charge in [0.2, 0.25) is 0 Å². The molecule has 0 saturated carbocycles. The van der Waals surface area contributed by atoms with Crippen LogP contribution in [0.15, 0.2) is 41.3 Å². The number of rotatable bonds is 8. The fraction of sp³-hybridized carbons (Fsp3) is 0.381. The van der Waals surface area contributed by atoms with Crippen LogP contribution in [0.5, 0.6) is 0 Å². The molecule has 8 heteroatoms. The second-order valence-corrected chi connectivity index (χ2v) is 9.43. The lowest BCUT2D eigenvalue weighted by Crippen LogP contribution is -2.38. The minimum absolute atomic E-state index is 0.0443. The highest BCUT2D eigenvalue weighted by Crippen LogP contribution is 2.33. The average Bonchev–Trinajstić information content (AvgIpc) is 2.66. The lowest BCUT2D eigenvalue weighted by Gasteiger charge is -2.28. The van der Waals surface area contributed by atoms with Crippen LogP contribution in [0.3, 0.4) is 0 Å². The van der Waals surface area contributed by atoms with Gasteiger partial charge in [-0.3, -0.25) is 9.10 Å². The quantitative estimate of drug-likeness (QED) is 0.506. The second kappa shape index (κ2) is 9.83. The molecule has 0 aliphatic carbocycles. The van der Waals surface area contributed by atoms with Crippen molar-refractivity contribution in [3.63, 3.8) is 0 Å². The summed E-state index contributed by atoms with van der Waals surface area (Å²) in [6.45, 7) is 6.87. The molecular weight excluding hydrogens is 433 g/mol. The van der Waals surface area contributed by atoms with Crippen LogP contribution in [-0.2, 0) is 32.4 Å². The lowest BCUT2D eigenvalue weighted by atomic mass is 10.0. The summed E-state index contributed by atoms with van der Waals surface area (Å²) in [4.78, 5) is 12.4. The van der Waals surface area contributed by atoms with E-state index in [0.29, 0.717) is 18.5 Å². The summed E-state index contributed by atoms with van der Waals surface area (Å²) in [5.74, 6) is -0.628. The van der Waals surface area contributed by atoms with E-state index >= 15 is 0 Å². The third-order valence-electron chi connectivity index (χ3n) is 4.33. The number of hydrogen-bond donors (Lipinski definition) is 0. The van der Waals surface area contributed by atoms with E-state index < -0.39 is 22.5 Å². The van der Waals surface area contributed by atoms with Gasteiger partial charge >= 0.3 is 5.97 Å². The van der Waals surface area contributed by atoms with Crippen molar-refractivity contribution < 1.29 is 17.9 Å². The van der Waals surface area contributed by atoms with E-state index in [0.717, 1.165) is 15.4 Å². The Hall–Kier alpha value is -1.76. The molecule has 0 unspecified atom stereocenters. The van der Waals surface area contributed by atoms with Crippen LogP contribution in [0.4, 0.5) is 5.69 Å². The number of benzene rings is 2. The molecule has 0 N–H and O–H groups in total. The highest BCUT2D eigenvalue weighted by molar-refractivity contribution is 7.92. The summed E-state index contributed by atoms with van der Waals surface area (Å²) in [6.07, 6.45) is 0.857. The van der Waals surface area contributed by atoms with Crippen LogP contribution in [-0.4, -0.2) is 27.0 Å². The monoisotopic (exact) mass is 457 g/mol. The Labute approximate surface area is 182 Å². The van der Waals surface area contributed by atoms with Crippen LogP contribution in [0.1, 0.15) is 38.8 Å². The van der Waals surface area contributed by atoms with Gasteiger partial charge < -0.3 is 4.74 Å². The van der Waals surface area contributed by atoms with Crippen LogP contribution < -0.4 is 4.31 Å². The zero-order valence-corrected chi connectivity index (χ0v) is 19.2. The van der Waals surface area contributed by atoms with E-state index in [-0.39, 0.29) is 21.0 Å². The first kappa shape index (κ1) is 23.5. The fourth-order valence-electron chi connectivity index (χ4n) is 3.00. The molecule has 0 saturated heterocycles. The maximum atomic E-state index is 13.6. The van der Waals surface area contributed by atoms with Crippen molar-refractivity contribution in [2.24, 2.45) is 0 Å². The highest BCUT2D eigenvalue weighted by atomic mass is 35.5. The summed E-state index contributed by atoms with van der Waals surface area (Å²) in [7, 11) is -4.10. The van der Waals surface area contributed by atoms with Crippen molar-refractivity contribution in [2.75, 3.05) is 10.8 Å².